The maximum Gasteiger partial charge on any atom is 0.250 e. The van der Waals surface area contributed by atoms with E-state index in [0.29, 0.717) is 19.2 Å². The van der Waals surface area contributed by atoms with Crippen LogP contribution >= 0.6 is 0 Å². The predicted octanol–water partition coefficient (Wildman–Crippen LogP) is 1.54. The maximum absolute atomic E-state index is 12.1. The molecule has 0 bridgehead atoms. The van der Waals surface area contributed by atoms with Crippen LogP contribution in [0.3, 0.4) is 0 Å². The van der Waals surface area contributed by atoms with E-state index in [1.54, 1.807) is 13.2 Å². The first-order valence-corrected chi connectivity index (χ1v) is 8.12. The van der Waals surface area contributed by atoms with Crippen LogP contribution in [0.5, 0.6) is 0 Å². The summed E-state index contributed by atoms with van der Waals surface area (Å²) in [6, 6.07) is 10.1. The van der Waals surface area contributed by atoms with Crippen molar-refractivity contribution in [3.8, 4) is 0 Å². The molecule has 0 saturated carbocycles. The minimum Gasteiger partial charge on any atom is -0.383 e. The Balaban J connectivity index is 1.68. The molecule has 122 valence electrons. The summed E-state index contributed by atoms with van der Waals surface area (Å²) in [7, 11) is 1.66. The summed E-state index contributed by atoms with van der Waals surface area (Å²) in [5.41, 5.74) is 3.57. The molecule has 2 aromatic heterocycles. The van der Waals surface area contributed by atoms with E-state index in [4.69, 9.17) is 4.74 Å². The Morgan fingerprint density at radius 1 is 1.35 bits per heavy atom. The molecule has 1 unspecified atom stereocenters. The van der Waals surface area contributed by atoms with Crippen molar-refractivity contribution >= 4 is 0 Å². The minimum absolute atomic E-state index is 0.0701. The highest BCUT2D eigenvalue weighted by molar-refractivity contribution is 5.25. The van der Waals surface area contributed by atoms with Gasteiger partial charge in [-0.1, -0.05) is 12.1 Å². The molecule has 0 fully saturated rings. The lowest BCUT2D eigenvalue weighted by molar-refractivity contribution is 0.184. The number of pyridine rings is 2. The van der Waals surface area contributed by atoms with Gasteiger partial charge in [-0.25, -0.2) is 0 Å². The molecule has 0 saturated heterocycles. The first kappa shape index (κ1) is 15.9. The van der Waals surface area contributed by atoms with E-state index in [-0.39, 0.29) is 5.56 Å². The molecule has 1 aliphatic carbocycles. The van der Waals surface area contributed by atoms with E-state index < -0.39 is 0 Å². The van der Waals surface area contributed by atoms with Gasteiger partial charge in [0.05, 0.1) is 12.3 Å². The van der Waals surface area contributed by atoms with Crippen molar-refractivity contribution in [2.45, 2.75) is 38.4 Å². The third-order valence-corrected chi connectivity index (χ3v) is 4.40. The SMILES string of the molecule is COCCn1c2c(ccc1=O)CC(NCc1ccccn1)CC2. The lowest BCUT2D eigenvalue weighted by Crippen LogP contribution is -2.37. The molecule has 1 aliphatic rings. The van der Waals surface area contributed by atoms with Gasteiger partial charge in [-0.15, -0.1) is 0 Å². The van der Waals surface area contributed by atoms with E-state index in [1.807, 2.05) is 35.0 Å². The number of ether oxygens (including phenoxy) is 1. The standard InChI is InChI=1S/C18H23N3O2/c1-23-11-10-21-17-7-6-15(12-14(17)5-8-18(21)22)20-13-16-4-2-3-9-19-16/h2-5,8-9,15,20H,6-7,10-13H2,1H3. The molecule has 0 aromatic carbocycles. The lowest BCUT2D eigenvalue weighted by Gasteiger charge is -2.27. The van der Waals surface area contributed by atoms with Crippen molar-refractivity contribution in [2.75, 3.05) is 13.7 Å². The summed E-state index contributed by atoms with van der Waals surface area (Å²) < 4.78 is 6.99. The molecule has 1 N–H and O–H groups in total. The monoisotopic (exact) mass is 313 g/mol. The van der Waals surface area contributed by atoms with E-state index in [2.05, 4.69) is 10.3 Å². The normalized spacial score (nSPS) is 17.0. The zero-order valence-corrected chi connectivity index (χ0v) is 13.5. The van der Waals surface area contributed by atoms with Crippen molar-refractivity contribution < 1.29 is 4.74 Å². The molecule has 5 nitrogen and oxygen atoms in total. The fraction of sp³-hybridized carbons (Fsp3) is 0.444. The Morgan fingerprint density at radius 3 is 3.04 bits per heavy atom. The number of hydrogen-bond acceptors (Lipinski definition) is 4. The molecular formula is C18H23N3O2. The summed E-state index contributed by atoms with van der Waals surface area (Å²) >= 11 is 0. The van der Waals surface area contributed by atoms with Crippen molar-refractivity contribution in [1.29, 1.82) is 0 Å². The fourth-order valence-electron chi connectivity index (χ4n) is 3.18. The number of nitrogens with zero attached hydrogens (tertiary/aromatic N) is 2. The van der Waals surface area contributed by atoms with Crippen LogP contribution in [0.2, 0.25) is 0 Å². The van der Waals surface area contributed by atoms with Crippen LogP contribution in [0, 0.1) is 0 Å². The summed E-state index contributed by atoms with van der Waals surface area (Å²) in [6.07, 6.45) is 4.74. The number of aromatic nitrogens is 2. The molecule has 2 aromatic rings. The van der Waals surface area contributed by atoms with Crippen molar-refractivity contribution in [3.05, 3.63) is 63.8 Å². The average Bonchev–Trinajstić information content (AvgIpc) is 2.60. The van der Waals surface area contributed by atoms with E-state index in [9.17, 15) is 4.79 Å². The van der Waals surface area contributed by atoms with Crippen LogP contribution < -0.4 is 10.9 Å². The second-order valence-electron chi connectivity index (χ2n) is 5.93. The largest absolute Gasteiger partial charge is 0.383 e. The zero-order chi connectivity index (χ0) is 16.1. The summed E-state index contributed by atoms with van der Waals surface area (Å²) in [6.45, 7) is 1.98. The summed E-state index contributed by atoms with van der Waals surface area (Å²) in [5, 5.41) is 3.58. The van der Waals surface area contributed by atoms with Gasteiger partial charge in [-0.2, -0.15) is 0 Å². The Kier molecular flexibility index (Phi) is 5.20. The molecular weight excluding hydrogens is 290 g/mol. The molecule has 0 radical (unpaired) electrons. The zero-order valence-electron chi connectivity index (χ0n) is 13.5. The fourth-order valence-corrected chi connectivity index (χ4v) is 3.18. The summed E-state index contributed by atoms with van der Waals surface area (Å²) in [4.78, 5) is 16.4. The highest BCUT2D eigenvalue weighted by atomic mass is 16.5. The van der Waals surface area contributed by atoms with Gasteiger partial charge in [-0.05, 0) is 37.0 Å². The third-order valence-electron chi connectivity index (χ3n) is 4.40. The number of nitrogens with one attached hydrogen (secondary N) is 1. The second-order valence-corrected chi connectivity index (χ2v) is 5.93. The van der Waals surface area contributed by atoms with E-state index in [1.165, 1.54) is 11.3 Å². The molecule has 5 heteroatoms. The lowest BCUT2D eigenvalue weighted by atomic mass is 9.91. The van der Waals surface area contributed by atoms with E-state index >= 15 is 0 Å². The van der Waals surface area contributed by atoms with Gasteiger partial charge in [0.2, 0.25) is 0 Å². The molecule has 1 atom stereocenters. The minimum atomic E-state index is 0.0701. The number of methoxy groups -OCH3 is 1. The Bertz CT molecular complexity index is 697. The smallest absolute Gasteiger partial charge is 0.250 e. The number of hydrogen-bond donors (Lipinski definition) is 1. The Morgan fingerprint density at radius 2 is 2.26 bits per heavy atom. The van der Waals surface area contributed by atoms with Gasteiger partial charge in [0.25, 0.3) is 5.56 Å². The Labute approximate surface area is 136 Å². The predicted molar refractivity (Wildman–Crippen MR) is 89.5 cm³/mol. The molecule has 23 heavy (non-hydrogen) atoms. The van der Waals surface area contributed by atoms with Gasteiger partial charge in [0, 0.05) is 44.2 Å². The van der Waals surface area contributed by atoms with Crippen molar-refractivity contribution in [3.63, 3.8) is 0 Å². The molecule has 0 aliphatic heterocycles. The van der Waals surface area contributed by atoms with Gasteiger partial charge in [0.15, 0.2) is 0 Å². The quantitative estimate of drug-likeness (QED) is 0.879. The first-order chi connectivity index (χ1) is 11.3. The molecule has 0 spiro atoms. The van der Waals surface area contributed by atoms with Crippen LogP contribution in [0.25, 0.3) is 0 Å². The first-order valence-electron chi connectivity index (χ1n) is 8.12. The van der Waals surface area contributed by atoms with Crippen molar-refractivity contribution in [2.24, 2.45) is 0 Å². The Hall–Kier alpha value is -1.98. The highest BCUT2D eigenvalue weighted by Crippen LogP contribution is 2.20. The highest BCUT2D eigenvalue weighted by Gasteiger charge is 2.21. The van der Waals surface area contributed by atoms with Crippen LogP contribution in [0.15, 0.2) is 41.3 Å². The molecule has 3 rings (SSSR count). The van der Waals surface area contributed by atoms with Gasteiger partial charge in [0.1, 0.15) is 0 Å². The van der Waals surface area contributed by atoms with Gasteiger partial charge >= 0.3 is 0 Å². The third kappa shape index (κ3) is 3.86. The van der Waals surface area contributed by atoms with E-state index in [0.717, 1.165) is 31.5 Å². The number of rotatable bonds is 6. The van der Waals surface area contributed by atoms with Crippen LogP contribution in [-0.2, 0) is 30.7 Å². The molecule has 0 amide bonds. The van der Waals surface area contributed by atoms with Crippen LogP contribution in [0.4, 0.5) is 0 Å². The summed E-state index contributed by atoms with van der Waals surface area (Å²) in [5.74, 6) is 0. The number of fused-ring (bicyclic) bond motifs is 1. The average molecular weight is 313 g/mol. The maximum atomic E-state index is 12.1. The van der Waals surface area contributed by atoms with Crippen LogP contribution in [0.1, 0.15) is 23.4 Å². The van der Waals surface area contributed by atoms with Crippen molar-refractivity contribution in [1.82, 2.24) is 14.9 Å². The topological polar surface area (TPSA) is 56.1 Å². The van der Waals surface area contributed by atoms with Gasteiger partial charge < -0.3 is 14.6 Å². The van der Waals surface area contributed by atoms with Crippen LogP contribution in [-0.4, -0.2) is 29.3 Å². The van der Waals surface area contributed by atoms with Gasteiger partial charge in [-0.3, -0.25) is 9.78 Å². The second kappa shape index (κ2) is 7.53. The molecule has 2 heterocycles.